The van der Waals surface area contributed by atoms with Crippen molar-refractivity contribution in [3.8, 4) is 0 Å². The van der Waals surface area contributed by atoms with Crippen molar-refractivity contribution in [3.63, 3.8) is 0 Å². The molecule has 0 aromatic carbocycles. The van der Waals surface area contributed by atoms with Gasteiger partial charge in [0.25, 0.3) is 9.70 Å². The number of amides is 1. The van der Waals surface area contributed by atoms with Crippen LogP contribution < -0.4 is 0 Å². The van der Waals surface area contributed by atoms with Gasteiger partial charge in [-0.25, -0.2) is 4.79 Å². The highest BCUT2D eigenvalue weighted by molar-refractivity contribution is 6.76. The minimum atomic E-state index is -2.19. The minimum absolute atomic E-state index is 0.506. The number of ether oxygens (including phenoxy) is 1. The van der Waals surface area contributed by atoms with Gasteiger partial charge >= 0.3 is 5.97 Å². The molecule has 22 heavy (non-hydrogen) atoms. The van der Waals surface area contributed by atoms with E-state index in [-0.39, 0.29) is 0 Å². The number of likely N-dealkylation sites (N-methyl/N-ethyl adjacent to an activating group) is 1. The summed E-state index contributed by atoms with van der Waals surface area (Å²) in [6.45, 7) is 6.30. The molecule has 0 rings (SSSR count). The number of aliphatic hydroxyl groups is 1. The van der Waals surface area contributed by atoms with E-state index >= 15 is 0 Å². The molecule has 0 radical (unpaired) electrons. The van der Waals surface area contributed by atoms with Crippen molar-refractivity contribution in [1.29, 1.82) is 0 Å². The van der Waals surface area contributed by atoms with Crippen molar-refractivity contribution >= 4 is 52.5 Å². The first-order valence-corrected chi connectivity index (χ1v) is 7.58. The molecule has 9 heteroatoms. The Morgan fingerprint density at radius 3 is 2.00 bits per heavy atom. The summed E-state index contributed by atoms with van der Waals surface area (Å²) in [6.07, 6.45) is -2.13. The van der Waals surface area contributed by atoms with Crippen molar-refractivity contribution in [2.75, 3.05) is 7.05 Å². The van der Waals surface area contributed by atoms with E-state index in [1.807, 2.05) is 0 Å². The number of hydrogen-bond acceptors (Lipinski definition) is 5. The van der Waals surface area contributed by atoms with Crippen LogP contribution in [0.3, 0.4) is 0 Å². The number of hydrogen-bond donors (Lipinski definition) is 1. The van der Waals surface area contributed by atoms with Crippen LogP contribution in [0.2, 0.25) is 0 Å². The third-order valence-corrected chi connectivity index (χ3v) is 3.17. The third-order valence-electron chi connectivity index (χ3n) is 2.68. The number of nitrogens with zero attached hydrogens (tertiary/aromatic N) is 1. The monoisotopic (exact) mass is 375 g/mol. The number of esters is 1. The van der Waals surface area contributed by atoms with Gasteiger partial charge in [-0.05, 0) is 27.7 Å². The Morgan fingerprint density at radius 1 is 1.18 bits per heavy atom. The van der Waals surface area contributed by atoms with Gasteiger partial charge in [0.15, 0.2) is 11.9 Å². The molecule has 1 amide bonds. The molecule has 0 saturated carbocycles. The largest absolute Gasteiger partial charge is 0.458 e. The molecule has 1 unspecified atom stereocenters. The van der Waals surface area contributed by atoms with Crippen LogP contribution in [0.5, 0.6) is 0 Å². The number of Topliss-reactive ketones (excluding diaryl/α,β-unsaturated/α-hetero) is 1. The van der Waals surface area contributed by atoms with Crippen LogP contribution in [-0.4, -0.2) is 56.3 Å². The Labute approximate surface area is 144 Å². The normalized spacial score (nSPS) is 15.0. The fourth-order valence-corrected chi connectivity index (χ4v) is 1.81. The summed E-state index contributed by atoms with van der Waals surface area (Å²) in [4.78, 5) is 36.3. The number of alkyl halides is 3. The van der Waals surface area contributed by atoms with Crippen molar-refractivity contribution in [1.82, 2.24) is 4.90 Å². The van der Waals surface area contributed by atoms with E-state index in [4.69, 9.17) is 39.5 Å². The molecule has 2 atom stereocenters. The molecule has 0 heterocycles. The molecule has 0 spiro atoms. The lowest BCUT2D eigenvalue weighted by Crippen LogP contribution is -2.46. The lowest BCUT2D eigenvalue weighted by atomic mass is 10.1. The first-order valence-electron chi connectivity index (χ1n) is 6.44. The zero-order valence-electron chi connectivity index (χ0n) is 13.0. The number of aliphatic hydroxyl groups excluding tert-OH is 1. The lowest BCUT2D eigenvalue weighted by Gasteiger charge is -2.27. The highest BCUT2D eigenvalue weighted by Gasteiger charge is 2.37. The van der Waals surface area contributed by atoms with Crippen LogP contribution >= 0.6 is 34.8 Å². The first-order chi connectivity index (χ1) is 9.66. The predicted octanol–water partition coefficient (Wildman–Crippen LogP) is 1.87. The van der Waals surface area contributed by atoms with E-state index in [0.29, 0.717) is 0 Å². The van der Waals surface area contributed by atoms with E-state index in [1.54, 1.807) is 20.8 Å². The summed E-state index contributed by atoms with van der Waals surface area (Å²) in [6, 6.07) is -0.972. The molecular formula is C13H20Cl3NO5. The molecule has 1 N–H and O–H groups in total. The summed E-state index contributed by atoms with van der Waals surface area (Å²) in [5.74, 6) is -2.36. The average molecular weight is 377 g/mol. The van der Waals surface area contributed by atoms with Gasteiger partial charge in [0, 0.05) is 13.5 Å². The van der Waals surface area contributed by atoms with Crippen LogP contribution in [0.25, 0.3) is 0 Å². The lowest BCUT2D eigenvalue weighted by molar-refractivity contribution is -0.166. The maximum absolute atomic E-state index is 12.0. The van der Waals surface area contributed by atoms with Gasteiger partial charge in [0.05, 0.1) is 6.04 Å². The van der Waals surface area contributed by atoms with Gasteiger partial charge in [-0.3, -0.25) is 9.59 Å². The first kappa shape index (κ1) is 21.4. The molecule has 0 bridgehead atoms. The summed E-state index contributed by atoms with van der Waals surface area (Å²) in [5.41, 5.74) is -0.783. The molecule has 0 aromatic rings. The smallest absolute Gasteiger partial charge is 0.335 e. The molecule has 0 saturated heterocycles. The molecule has 6 nitrogen and oxygen atoms in total. The van der Waals surface area contributed by atoms with Crippen molar-refractivity contribution in [2.45, 2.75) is 55.7 Å². The number of rotatable bonds is 5. The standard InChI is InChI=1S/C13H20Cl3NO5/c1-7(17(5)11(21)13(14,15)16)8(18)6-9(19)10(20)22-12(2,3)4/h7,9,19H,6H2,1-5H3/t7-,9?/m0/s1. The van der Waals surface area contributed by atoms with Crippen LogP contribution in [0.15, 0.2) is 0 Å². The van der Waals surface area contributed by atoms with Crippen molar-refractivity contribution in [2.24, 2.45) is 0 Å². The zero-order valence-corrected chi connectivity index (χ0v) is 15.3. The highest BCUT2D eigenvalue weighted by atomic mass is 35.6. The summed E-state index contributed by atoms with van der Waals surface area (Å²) < 4.78 is 2.77. The van der Waals surface area contributed by atoms with Crippen molar-refractivity contribution in [3.05, 3.63) is 0 Å². The molecule has 0 aromatic heterocycles. The Balaban J connectivity index is 4.72. The average Bonchev–Trinajstić information content (AvgIpc) is 2.32. The third kappa shape index (κ3) is 7.13. The zero-order chi connectivity index (χ0) is 17.9. The Morgan fingerprint density at radius 2 is 1.64 bits per heavy atom. The van der Waals surface area contributed by atoms with Gasteiger partial charge in [-0.15, -0.1) is 0 Å². The molecule has 0 aliphatic carbocycles. The Bertz CT molecular complexity index is 442. The number of ketones is 1. The minimum Gasteiger partial charge on any atom is -0.458 e. The summed E-state index contributed by atoms with van der Waals surface area (Å²) in [5, 5.41) is 9.70. The fraction of sp³-hybridized carbons (Fsp3) is 0.769. The Kier molecular flexibility index (Phi) is 7.62. The van der Waals surface area contributed by atoms with Gasteiger partial charge < -0.3 is 14.7 Å². The van der Waals surface area contributed by atoms with E-state index < -0.39 is 45.6 Å². The number of carbonyl (C=O) groups is 3. The second-order valence-electron chi connectivity index (χ2n) is 5.81. The topological polar surface area (TPSA) is 83.9 Å². The van der Waals surface area contributed by atoms with Gasteiger partial charge in [0.2, 0.25) is 0 Å². The summed E-state index contributed by atoms with van der Waals surface area (Å²) >= 11 is 16.4. The SMILES string of the molecule is C[C@@H](C(=O)CC(O)C(=O)OC(C)(C)C)N(C)C(=O)C(Cl)(Cl)Cl. The number of carbonyl (C=O) groups excluding carboxylic acids is 3. The fourth-order valence-electron chi connectivity index (χ4n) is 1.41. The predicted molar refractivity (Wildman–Crippen MR) is 84.0 cm³/mol. The highest BCUT2D eigenvalue weighted by Crippen LogP contribution is 2.29. The van der Waals surface area contributed by atoms with Gasteiger partial charge in [0.1, 0.15) is 5.60 Å². The number of halogens is 3. The van der Waals surface area contributed by atoms with Gasteiger partial charge in [-0.1, -0.05) is 34.8 Å². The quantitative estimate of drug-likeness (QED) is 0.585. The molecule has 128 valence electrons. The Hall–Kier alpha value is -0.560. The van der Waals surface area contributed by atoms with Crippen LogP contribution in [0.1, 0.15) is 34.1 Å². The summed E-state index contributed by atoms with van der Waals surface area (Å²) in [7, 11) is 1.28. The maximum atomic E-state index is 12.0. The molecule has 0 aliphatic rings. The van der Waals surface area contributed by atoms with Gasteiger partial charge in [-0.2, -0.15) is 0 Å². The molecule has 0 fully saturated rings. The second-order valence-corrected chi connectivity index (χ2v) is 8.09. The van der Waals surface area contributed by atoms with Crippen LogP contribution in [0.4, 0.5) is 0 Å². The molecule has 0 aliphatic heterocycles. The van der Waals surface area contributed by atoms with E-state index in [2.05, 4.69) is 0 Å². The van der Waals surface area contributed by atoms with E-state index in [1.165, 1.54) is 14.0 Å². The second kappa shape index (κ2) is 7.81. The van der Waals surface area contributed by atoms with Crippen molar-refractivity contribution < 1.29 is 24.2 Å². The van der Waals surface area contributed by atoms with E-state index in [9.17, 15) is 19.5 Å². The molecular weight excluding hydrogens is 357 g/mol. The van der Waals surface area contributed by atoms with E-state index in [0.717, 1.165) is 4.90 Å². The van der Waals surface area contributed by atoms with Crippen LogP contribution in [0, 0.1) is 0 Å². The maximum Gasteiger partial charge on any atom is 0.335 e. The van der Waals surface area contributed by atoms with Crippen LogP contribution in [-0.2, 0) is 19.1 Å².